The summed E-state index contributed by atoms with van der Waals surface area (Å²) in [6.07, 6.45) is 3.81. The van der Waals surface area contributed by atoms with Gasteiger partial charge in [-0.25, -0.2) is 0 Å². The van der Waals surface area contributed by atoms with Crippen LogP contribution in [-0.4, -0.2) is 0 Å². The van der Waals surface area contributed by atoms with Crippen molar-refractivity contribution in [3.8, 4) is 0 Å². The molecule has 1 unspecified atom stereocenters. The molecule has 1 fully saturated rings. The summed E-state index contributed by atoms with van der Waals surface area (Å²) in [5.41, 5.74) is 6.21. The Labute approximate surface area is 169 Å². The molecule has 0 heterocycles. The smallest absolute Gasteiger partial charge is 0.0210 e. The molecule has 3 rings (SSSR count). The number of rotatable bonds is 2. The Morgan fingerprint density at radius 3 is 1.37 bits per heavy atom. The highest BCUT2D eigenvalue weighted by atomic mass is 14.5. The monoisotopic (exact) mass is 366 g/mol. The maximum absolute atomic E-state index is 2.44. The van der Waals surface area contributed by atoms with Crippen LogP contribution in [0.5, 0.6) is 0 Å². The van der Waals surface area contributed by atoms with Gasteiger partial charge in [0.1, 0.15) is 0 Å². The first-order valence-corrected chi connectivity index (χ1v) is 11.0. The van der Waals surface area contributed by atoms with E-state index in [0.717, 1.165) is 5.92 Å². The quantitative estimate of drug-likeness (QED) is 0.500. The lowest BCUT2D eigenvalue weighted by molar-refractivity contribution is 0.127. The molecule has 0 N–H and O–H groups in total. The maximum Gasteiger partial charge on any atom is 0.0210 e. The first-order valence-electron chi connectivity index (χ1n) is 11.0. The molecule has 2 aromatic carbocycles. The Morgan fingerprint density at radius 2 is 1.04 bits per heavy atom. The lowest BCUT2D eigenvalue weighted by Gasteiger charge is -2.48. The second-order valence-corrected chi connectivity index (χ2v) is 8.67. The first-order chi connectivity index (χ1) is 12.8. The molecule has 0 heteroatoms. The average molecular weight is 367 g/mol. The van der Waals surface area contributed by atoms with Gasteiger partial charge in [0, 0.05) is 5.41 Å². The summed E-state index contributed by atoms with van der Waals surface area (Å²) in [4.78, 5) is 0. The third kappa shape index (κ3) is 5.71. The van der Waals surface area contributed by atoms with Crippen molar-refractivity contribution in [1.29, 1.82) is 0 Å². The van der Waals surface area contributed by atoms with Crippen LogP contribution in [0.25, 0.3) is 0 Å². The summed E-state index contributed by atoms with van der Waals surface area (Å²) in [6, 6.07) is 18.6. The molecule has 0 aromatic heterocycles. The van der Waals surface area contributed by atoms with Gasteiger partial charge in [0.2, 0.25) is 0 Å². The molecule has 150 valence electrons. The molecule has 0 spiro atoms. The fourth-order valence-corrected chi connectivity index (χ4v) is 4.92. The molecular formula is C27H42. The van der Waals surface area contributed by atoms with Crippen molar-refractivity contribution in [2.75, 3.05) is 0 Å². The van der Waals surface area contributed by atoms with Crippen molar-refractivity contribution in [2.45, 2.75) is 87.0 Å². The van der Waals surface area contributed by atoms with Gasteiger partial charge in [0.25, 0.3) is 0 Å². The van der Waals surface area contributed by atoms with Crippen LogP contribution in [0.4, 0.5) is 0 Å². The fourth-order valence-electron chi connectivity index (χ4n) is 4.92. The van der Waals surface area contributed by atoms with Crippen molar-refractivity contribution in [3.05, 3.63) is 70.8 Å². The Hall–Kier alpha value is -1.56. The summed E-state index contributed by atoms with van der Waals surface area (Å²) in [5.74, 6) is 0.751. The van der Waals surface area contributed by atoms with Crippen LogP contribution in [-0.2, 0) is 5.41 Å². The van der Waals surface area contributed by atoms with Crippen LogP contribution in [0.15, 0.2) is 48.5 Å². The third-order valence-corrected chi connectivity index (χ3v) is 5.59. The average Bonchev–Trinajstić information content (AvgIpc) is 2.64. The van der Waals surface area contributed by atoms with Crippen LogP contribution >= 0.6 is 0 Å². The minimum atomic E-state index is 0.155. The predicted molar refractivity (Wildman–Crippen MR) is 123 cm³/mol. The zero-order valence-corrected chi connectivity index (χ0v) is 19.3. The summed E-state index contributed by atoms with van der Waals surface area (Å²) < 4.78 is 0. The van der Waals surface area contributed by atoms with Gasteiger partial charge in [-0.05, 0) is 55.6 Å². The van der Waals surface area contributed by atoms with Crippen molar-refractivity contribution < 1.29 is 0 Å². The molecule has 1 saturated carbocycles. The van der Waals surface area contributed by atoms with E-state index in [-0.39, 0.29) is 5.41 Å². The standard InChI is InChI=1S/C23H30.2C2H6/c1-17-6-10-20(11-7-17)23(21-12-8-18(2)9-13-21)15-19(3)14-22(4,5)16-23;2*1-2/h6-13,19H,14-16H2,1-5H3;2*1-2H3. The number of hydrogen-bond donors (Lipinski definition) is 0. The van der Waals surface area contributed by atoms with E-state index in [0.29, 0.717) is 5.41 Å². The Kier molecular flexibility index (Phi) is 8.79. The summed E-state index contributed by atoms with van der Waals surface area (Å²) >= 11 is 0. The lowest BCUT2D eigenvalue weighted by Crippen LogP contribution is -2.41. The molecule has 0 saturated heterocycles. The highest BCUT2D eigenvalue weighted by molar-refractivity contribution is 5.42. The third-order valence-electron chi connectivity index (χ3n) is 5.59. The summed E-state index contributed by atoms with van der Waals surface area (Å²) in [7, 11) is 0. The highest BCUT2D eigenvalue weighted by Gasteiger charge is 2.44. The van der Waals surface area contributed by atoms with Crippen molar-refractivity contribution >= 4 is 0 Å². The topological polar surface area (TPSA) is 0 Å². The molecule has 0 radical (unpaired) electrons. The van der Waals surface area contributed by atoms with Gasteiger partial charge in [0.15, 0.2) is 0 Å². The SMILES string of the molecule is CC.CC.Cc1ccc(C2(c3ccc(C)cc3)CC(C)CC(C)(C)C2)cc1. The van der Waals surface area contributed by atoms with Gasteiger partial charge < -0.3 is 0 Å². The largest absolute Gasteiger partial charge is 0.0683 e. The van der Waals surface area contributed by atoms with Crippen molar-refractivity contribution in [2.24, 2.45) is 11.3 Å². The summed E-state index contributed by atoms with van der Waals surface area (Å²) in [5, 5.41) is 0. The number of benzene rings is 2. The molecule has 1 aliphatic rings. The minimum absolute atomic E-state index is 0.155. The first kappa shape index (κ1) is 23.5. The second-order valence-electron chi connectivity index (χ2n) is 8.67. The van der Waals surface area contributed by atoms with Gasteiger partial charge in [-0.3, -0.25) is 0 Å². The highest BCUT2D eigenvalue weighted by Crippen LogP contribution is 2.53. The van der Waals surface area contributed by atoms with Gasteiger partial charge in [-0.15, -0.1) is 0 Å². The fraction of sp³-hybridized carbons (Fsp3) is 0.556. The zero-order valence-electron chi connectivity index (χ0n) is 19.3. The molecule has 0 bridgehead atoms. The van der Waals surface area contributed by atoms with E-state index >= 15 is 0 Å². The maximum atomic E-state index is 2.44. The molecule has 1 atom stereocenters. The van der Waals surface area contributed by atoms with E-state index in [1.807, 2.05) is 27.7 Å². The Balaban J connectivity index is 0.000000855. The van der Waals surface area contributed by atoms with Crippen molar-refractivity contribution in [1.82, 2.24) is 0 Å². The molecule has 0 aliphatic heterocycles. The minimum Gasteiger partial charge on any atom is -0.0683 e. The predicted octanol–water partition coefficient (Wildman–Crippen LogP) is 8.49. The van der Waals surface area contributed by atoms with Crippen LogP contribution < -0.4 is 0 Å². The van der Waals surface area contributed by atoms with Crippen LogP contribution in [0, 0.1) is 25.2 Å². The van der Waals surface area contributed by atoms with E-state index in [4.69, 9.17) is 0 Å². The van der Waals surface area contributed by atoms with E-state index < -0.39 is 0 Å². The van der Waals surface area contributed by atoms with Gasteiger partial charge in [-0.2, -0.15) is 0 Å². The van der Waals surface area contributed by atoms with E-state index in [1.165, 1.54) is 41.5 Å². The summed E-state index contributed by atoms with van der Waals surface area (Å²) in [6.45, 7) is 19.7. The Bertz CT molecular complexity index is 613. The van der Waals surface area contributed by atoms with Crippen LogP contribution in [0.1, 0.15) is 90.0 Å². The van der Waals surface area contributed by atoms with E-state index in [9.17, 15) is 0 Å². The molecule has 1 aliphatic carbocycles. The Morgan fingerprint density at radius 1 is 0.667 bits per heavy atom. The van der Waals surface area contributed by atoms with Gasteiger partial charge in [-0.1, -0.05) is 108 Å². The lowest BCUT2D eigenvalue weighted by atomic mass is 9.55. The zero-order chi connectivity index (χ0) is 20.7. The molecule has 27 heavy (non-hydrogen) atoms. The molecule has 2 aromatic rings. The number of hydrogen-bond acceptors (Lipinski definition) is 0. The van der Waals surface area contributed by atoms with Gasteiger partial charge in [0.05, 0.1) is 0 Å². The van der Waals surface area contributed by atoms with Crippen LogP contribution in [0.3, 0.4) is 0 Å². The molecule has 0 nitrogen and oxygen atoms in total. The van der Waals surface area contributed by atoms with E-state index in [1.54, 1.807) is 0 Å². The molecular weight excluding hydrogens is 324 g/mol. The van der Waals surface area contributed by atoms with Crippen molar-refractivity contribution in [3.63, 3.8) is 0 Å². The number of aryl methyl sites for hydroxylation is 2. The second kappa shape index (κ2) is 10.1. The van der Waals surface area contributed by atoms with Gasteiger partial charge >= 0.3 is 0 Å². The van der Waals surface area contributed by atoms with E-state index in [2.05, 4.69) is 83.1 Å². The van der Waals surface area contributed by atoms with Crippen LogP contribution in [0.2, 0.25) is 0 Å². The normalized spacial score (nSPS) is 19.8. The molecule has 0 amide bonds.